The van der Waals surface area contributed by atoms with E-state index in [9.17, 15) is 18.9 Å². The minimum absolute atomic E-state index is 0.371. The first-order chi connectivity index (χ1) is 10.1. The summed E-state index contributed by atoms with van der Waals surface area (Å²) in [6.07, 6.45) is 0. The van der Waals surface area contributed by atoms with E-state index in [0.29, 0.717) is 11.1 Å². The third kappa shape index (κ3) is 2.94. The van der Waals surface area contributed by atoms with Gasteiger partial charge >= 0.3 is 0 Å². The molecule has 0 bridgehead atoms. The highest BCUT2D eigenvalue weighted by Crippen LogP contribution is 2.33. The lowest BCUT2D eigenvalue weighted by Gasteiger charge is -2.15. The van der Waals surface area contributed by atoms with Gasteiger partial charge in [0.05, 0.1) is 12.1 Å². The number of hydrogen-bond acceptors (Lipinski definition) is 4. The van der Waals surface area contributed by atoms with Crippen LogP contribution in [0.15, 0.2) is 60.7 Å². The molecule has 0 aliphatic rings. The lowest BCUT2D eigenvalue weighted by molar-refractivity contribution is 0.586. The van der Waals surface area contributed by atoms with Crippen LogP contribution in [0.25, 0.3) is 0 Å². The number of nitriles is 2. The van der Waals surface area contributed by atoms with Gasteiger partial charge in [-0.05, 0) is 11.1 Å². The van der Waals surface area contributed by atoms with Gasteiger partial charge in [0.25, 0.3) is 0 Å². The van der Waals surface area contributed by atoms with Crippen LogP contribution < -0.4 is 0 Å². The van der Waals surface area contributed by atoms with Gasteiger partial charge in [-0.25, -0.2) is 8.42 Å². The normalized spacial score (nSPS) is 13.6. The SMILES string of the molecule is N#CC(c1ccccc1)S(=O)(=O)C(C#N)c1ccccc1. The zero-order chi connectivity index (χ0) is 15.3. The molecule has 0 radical (unpaired) electrons. The largest absolute Gasteiger partial charge is 0.225 e. The molecule has 104 valence electrons. The predicted octanol–water partition coefficient (Wildman–Crippen LogP) is 2.93. The van der Waals surface area contributed by atoms with Gasteiger partial charge < -0.3 is 0 Å². The van der Waals surface area contributed by atoms with E-state index in [4.69, 9.17) is 0 Å². The van der Waals surface area contributed by atoms with E-state index < -0.39 is 20.3 Å². The molecule has 2 aromatic carbocycles. The van der Waals surface area contributed by atoms with E-state index in [0.717, 1.165) is 0 Å². The van der Waals surface area contributed by atoms with Crippen molar-refractivity contribution >= 4 is 9.84 Å². The van der Waals surface area contributed by atoms with Crippen LogP contribution in [0.4, 0.5) is 0 Å². The maximum Gasteiger partial charge on any atom is 0.191 e. The standard InChI is InChI=1S/C16H12N2O2S/c17-11-15(13-7-3-1-4-8-13)21(19,20)16(12-18)14-9-5-2-6-10-14/h1-10,15-16H. The Morgan fingerprint density at radius 3 is 1.33 bits per heavy atom. The van der Waals surface area contributed by atoms with E-state index in [1.165, 1.54) is 0 Å². The quantitative estimate of drug-likeness (QED) is 0.868. The Hall–Kier alpha value is -2.63. The first-order valence-electron chi connectivity index (χ1n) is 6.23. The summed E-state index contributed by atoms with van der Waals surface area (Å²) in [6, 6.07) is 20.0. The lowest BCUT2D eigenvalue weighted by atomic mass is 10.1. The van der Waals surface area contributed by atoms with Crippen LogP contribution in [0.3, 0.4) is 0 Å². The summed E-state index contributed by atoms with van der Waals surface area (Å²) in [4.78, 5) is 0. The second-order valence-corrected chi connectivity index (χ2v) is 6.55. The molecule has 21 heavy (non-hydrogen) atoms. The maximum absolute atomic E-state index is 12.6. The van der Waals surface area contributed by atoms with Crippen molar-refractivity contribution in [3.63, 3.8) is 0 Å². The number of sulfone groups is 1. The topological polar surface area (TPSA) is 81.7 Å². The molecule has 0 fully saturated rings. The summed E-state index contributed by atoms with van der Waals surface area (Å²) in [7, 11) is -3.99. The zero-order valence-electron chi connectivity index (χ0n) is 11.0. The molecule has 0 saturated carbocycles. The molecule has 0 aliphatic heterocycles. The van der Waals surface area contributed by atoms with Gasteiger partial charge in [0.15, 0.2) is 20.3 Å². The van der Waals surface area contributed by atoms with Crippen LogP contribution in [0.1, 0.15) is 21.6 Å². The van der Waals surface area contributed by atoms with Crippen LogP contribution in [0.2, 0.25) is 0 Å². The van der Waals surface area contributed by atoms with Crippen LogP contribution in [-0.2, 0) is 9.84 Å². The minimum atomic E-state index is -3.99. The Balaban J connectivity index is 2.50. The molecule has 2 atom stereocenters. The molecule has 0 amide bonds. The van der Waals surface area contributed by atoms with Crippen molar-refractivity contribution in [3.8, 4) is 12.1 Å². The Labute approximate surface area is 123 Å². The lowest BCUT2D eigenvalue weighted by Crippen LogP contribution is -2.19. The fourth-order valence-electron chi connectivity index (χ4n) is 2.07. The third-order valence-corrected chi connectivity index (χ3v) is 5.17. The van der Waals surface area contributed by atoms with E-state index in [-0.39, 0.29) is 0 Å². The van der Waals surface area contributed by atoms with Gasteiger partial charge in [0.1, 0.15) is 0 Å². The Bertz CT molecular complexity index is 724. The number of rotatable bonds is 4. The molecule has 2 aromatic rings. The fraction of sp³-hybridized carbons (Fsp3) is 0.125. The van der Waals surface area contributed by atoms with Gasteiger partial charge in [-0.1, -0.05) is 60.7 Å². The van der Waals surface area contributed by atoms with Crippen molar-refractivity contribution in [2.75, 3.05) is 0 Å². The first-order valence-corrected chi connectivity index (χ1v) is 7.84. The van der Waals surface area contributed by atoms with Gasteiger partial charge in [0, 0.05) is 0 Å². The third-order valence-electron chi connectivity index (χ3n) is 3.10. The smallest absolute Gasteiger partial charge is 0.191 e. The van der Waals surface area contributed by atoms with E-state index in [1.807, 2.05) is 0 Å². The second-order valence-electron chi connectivity index (χ2n) is 4.43. The molecule has 2 unspecified atom stereocenters. The van der Waals surface area contributed by atoms with Crippen molar-refractivity contribution in [2.24, 2.45) is 0 Å². The second kappa shape index (κ2) is 6.21. The van der Waals surface area contributed by atoms with Crippen LogP contribution in [-0.4, -0.2) is 8.42 Å². The molecular formula is C16H12N2O2S. The fourth-order valence-corrected chi connectivity index (χ4v) is 3.71. The molecule has 0 aromatic heterocycles. The maximum atomic E-state index is 12.6. The van der Waals surface area contributed by atoms with Gasteiger partial charge in [-0.2, -0.15) is 10.5 Å². The molecule has 0 saturated heterocycles. The molecule has 5 heteroatoms. The van der Waals surface area contributed by atoms with Crippen LogP contribution in [0, 0.1) is 22.7 Å². The highest BCUT2D eigenvalue weighted by Gasteiger charge is 2.36. The summed E-state index contributed by atoms with van der Waals surface area (Å²) < 4.78 is 25.3. The number of benzene rings is 2. The molecule has 0 heterocycles. The van der Waals surface area contributed by atoms with Crippen LogP contribution >= 0.6 is 0 Å². The van der Waals surface area contributed by atoms with Crippen molar-refractivity contribution in [1.29, 1.82) is 10.5 Å². The minimum Gasteiger partial charge on any atom is -0.225 e. The van der Waals surface area contributed by atoms with E-state index in [1.54, 1.807) is 72.8 Å². The molecule has 0 spiro atoms. The van der Waals surface area contributed by atoms with Crippen LogP contribution in [0.5, 0.6) is 0 Å². The average Bonchev–Trinajstić information content (AvgIpc) is 2.50. The number of nitrogens with zero attached hydrogens (tertiary/aromatic N) is 2. The number of hydrogen-bond donors (Lipinski definition) is 0. The molecule has 0 aliphatic carbocycles. The molecule has 2 rings (SSSR count). The van der Waals surface area contributed by atoms with E-state index in [2.05, 4.69) is 0 Å². The summed E-state index contributed by atoms with van der Waals surface area (Å²) in [6.45, 7) is 0. The molecular weight excluding hydrogens is 284 g/mol. The predicted molar refractivity (Wildman–Crippen MR) is 78.5 cm³/mol. The Kier molecular flexibility index (Phi) is 4.37. The summed E-state index contributed by atoms with van der Waals surface area (Å²) in [5, 5.41) is 15.8. The van der Waals surface area contributed by atoms with Gasteiger partial charge in [-0.3, -0.25) is 0 Å². The zero-order valence-corrected chi connectivity index (χ0v) is 11.9. The summed E-state index contributed by atoms with van der Waals surface area (Å²) in [5.74, 6) is 0. The van der Waals surface area contributed by atoms with Crippen molar-refractivity contribution in [2.45, 2.75) is 10.5 Å². The van der Waals surface area contributed by atoms with Crippen molar-refractivity contribution in [1.82, 2.24) is 0 Å². The van der Waals surface area contributed by atoms with E-state index >= 15 is 0 Å². The monoisotopic (exact) mass is 296 g/mol. The average molecular weight is 296 g/mol. The summed E-state index contributed by atoms with van der Waals surface area (Å²) >= 11 is 0. The van der Waals surface area contributed by atoms with Crippen molar-refractivity contribution < 1.29 is 8.42 Å². The van der Waals surface area contributed by atoms with Crippen molar-refractivity contribution in [3.05, 3.63) is 71.8 Å². The highest BCUT2D eigenvalue weighted by atomic mass is 32.2. The summed E-state index contributed by atoms with van der Waals surface area (Å²) in [5.41, 5.74) is 0.743. The molecule has 4 nitrogen and oxygen atoms in total. The first kappa shape index (κ1) is 14.8. The Morgan fingerprint density at radius 1 is 0.714 bits per heavy atom. The Morgan fingerprint density at radius 2 is 1.05 bits per heavy atom. The molecule has 0 N–H and O–H groups in total. The highest BCUT2D eigenvalue weighted by molar-refractivity contribution is 7.92. The van der Waals surface area contributed by atoms with Gasteiger partial charge in [0.2, 0.25) is 0 Å². The van der Waals surface area contributed by atoms with Gasteiger partial charge in [-0.15, -0.1) is 0 Å².